The van der Waals surface area contributed by atoms with Crippen LogP contribution in [0.15, 0.2) is 28.7 Å². The summed E-state index contributed by atoms with van der Waals surface area (Å²) in [5, 5.41) is 0.756. The molecule has 0 atom stereocenters. The lowest BCUT2D eigenvalue weighted by molar-refractivity contribution is 0.669. The zero-order valence-corrected chi connectivity index (χ0v) is 10.2. The number of aromatic nitrogens is 2. The summed E-state index contributed by atoms with van der Waals surface area (Å²) in [5.41, 5.74) is 0.852. The summed E-state index contributed by atoms with van der Waals surface area (Å²) >= 11 is 1.53. The Kier molecular flexibility index (Phi) is 4.15. The normalized spacial score (nSPS) is 10.7. The standard InChI is InChI=1S/C11H16N2OS/c1-5-6-15-11-12-9(8(2)3)7-10(14)13(11)4/h5,7-8H,1,6H2,2-4H3. The molecule has 0 radical (unpaired) electrons. The van der Waals surface area contributed by atoms with Crippen LogP contribution < -0.4 is 5.56 Å². The average molecular weight is 224 g/mol. The zero-order chi connectivity index (χ0) is 11.4. The number of nitrogens with zero attached hydrogens (tertiary/aromatic N) is 2. The quantitative estimate of drug-likeness (QED) is 0.447. The van der Waals surface area contributed by atoms with Crippen molar-refractivity contribution >= 4 is 11.8 Å². The molecule has 0 saturated carbocycles. The molecule has 0 saturated heterocycles. The summed E-state index contributed by atoms with van der Waals surface area (Å²) in [4.78, 5) is 16.1. The van der Waals surface area contributed by atoms with Crippen LogP contribution in [0.4, 0.5) is 0 Å². The third-order valence-electron chi connectivity index (χ3n) is 2.04. The van der Waals surface area contributed by atoms with Crippen LogP contribution in [0.2, 0.25) is 0 Å². The Balaban J connectivity index is 3.13. The maximum Gasteiger partial charge on any atom is 0.254 e. The van der Waals surface area contributed by atoms with E-state index in [0.29, 0.717) is 0 Å². The molecule has 1 rings (SSSR count). The van der Waals surface area contributed by atoms with Crippen molar-refractivity contribution in [3.05, 3.63) is 34.8 Å². The van der Waals surface area contributed by atoms with E-state index in [2.05, 4.69) is 11.6 Å². The fraction of sp³-hybridized carbons (Fsp3) is 0.455. The molecule has 0 spiro atoms. The number of thioether (sulfide) groups is 1. The predicted octanol–water partition coefficient (Wildman–Crippen LogP) is 2.18. The topological polar surface area (TPSA) is 34.9 Å². The maximum atomic E-state index is 11.6. The highest BCUT2D eigenvalue weighted by Crippen LogP contribution is 2.16. The summed E-state index contributed by atoms with van der Waals surface area (Å²) in [6, 6.07) is 1.60. The fourth-order valence-electron chi connectivity index (χ4n) is 1.09. The van der Waals surface area contributed by atoms with Crippen LogP contribution in [-0.2, 0) is 7.05 Å². The largest absolute Gasteiger partial charge is 0.291 e. The zero-order valence-electron chi connectivity index (χ0n) is 9.36. The van der Waals surface area contributed by atoms with E-state index in [-0.39, 0.29) is 11.5 Å². The van der Waals surface area contributed by atoms with Gasteiger partial charge in [0.25, 0.3) is 5.56 Å². The molecule has 82 valence electrons. The SMILES string of the molecule is C=CCSc1nc(C(C)C)cc(=O)n1C. The highest BCUT2D eigenvalue weighted by atomic mass is 32.2. The predicted molar refractivity (Wildman–Crippen MR) is 64.5 cm³/mol. The van der Waals surface area contributed by atoms with Gasteiger partial charge in [-0.05, 0) is 5.92 Å². The molecule has 0 N–H and O–H groups in total. The van der Waals surface area contributed by atoms with Crippen molar-refractivity contribution in [3.8, 4) is 0 Å². The van der Waals surface area contributed by atoms with Crippen molar-refractivity contribution in [2.75, 3.05) is 5.75 Å². The van der Waals surface area contributed by atoms with Crippen molar-refractivity contribution in [2.45, 2.75) is 24.9 Å². The molecule has 4 heteroatoms. The molecule has 0 unspecified atom stereocenters. The lowest BCUT2D eigenvalue weighted by Gasteiger charge is -2.09. The fourth-order valence-corrected chi connectivity index (χ4v) is 1.81. The molecule has 0 fully saturated rings. The first-order valence-electron chi connectivity index (χ1n) is 4.88. The van der Waals surface area contributed by atoms with Crippen molar-refractivity contribution in [3.63, 3.8) is 0 Å². The molecule has 1 aromatic heterocycles. The summed E-state index contributed by atoms with van der Waals surface area (Å²) in [5.74, 6) is 1.05. The summed E-state index contributed by atoms with van der Waals surface area (Å²) < 4.78 is 1.57. The third kappa shape index (κ3) is 2.96. The third-order valence-corrected chi connectivity index (χ3v) is 3.06. The molecule has 15 heavy (non-hydrogen) atoms. The van der Waals surface area contributed by atoms with Gasteiger partial charge in [0.1, 0.15) is 0 Å². The molecule has 0 aliphatic carbocycles. The van der Waals surface area contributed by atoms with Crippen LogP contribution in [0.25, 0.3) is 0 Å². The first-order chi connectivity index (χ1) is 7.06. The second-order valence-corrected chi connectivity index (χ2v) is 4.60. The molecular weight excluding hydrogens is 208 g/mol. The number of hydrogen-bond donors (Lipinski definition) is 0. The molecule has 3 nitrogen and oxygen atoms in total. The van der Waals surface area contributed by atoms with Gasteiger partial charge in [0.2, 0.25) is 0 Å². The van der Waals surface area contributed by atoms with E-state index >= 15 is 0 Å². The van der Waals surface area contributed by atoms with Crippen LogP contribution >= 0.6 is 11.8 Å². The smallest absolute Gasteiger partial charge is 0.254 e. The van der Waals surface area contributed by atoms with E-state index in [4.69, 9.17) is 0 Å². The van der Waals surface area contributed by atoms with E-state index in [1.165, 1.54) is 11.8 Å². The monoisotopic (exact) mass is 224 g/mol. The van der Waals surface area contributed by atoms with E-state index in [1.54, 1.807) is 23.8 Å². The Bertz CT molecular complexity index is 410. The second-order valence-electron chi connectivity index (χ2n) is 3.62. The van der Waals surface area contributed by atoms with E-state index in [0.717, 1.165) is 16.6 Å². The van der Waals surface area contributed by atoms with Crippen molar-refractivity contribution in [1.29, 1.82) is 0 Å². The Morgan fingerprint density at radius 1 is 1.67 bits per heavy atom. The molecule has 1 aromatic rings. The van der Waals surface area contributed by atoms with E-state index in [9.17, 15) is 4.79 Å². The van der Waals surface area contributed by atoms with Crippen molar-refractivity contribution < 1.29 is 0 Å². The Hall–Kier alpha value is -1.03. The summed E-state index contributed by atoms with van der Waals surface area (Å²) in [7, 11) is 1.74. The highest BCUT2D eigenvalue weighted by Gasteiger charge is 2.08. The van der Waals surface area contributed by atoms with Gasteiger partial charge in [-0.25, -0.2) is 4.98 Å². The van der Waals surface area contributed by atoms with Gasteiger partial charge in [-0.3, -0.25) is 9.36 Å². The first kappa shape index (κ1) is 12.0. The second kappa shape index (κ2) is 5.16. The van der Waals surface area contributed by atoms with Gasteiger partial charge in [0.15, 0.2) is 5.16 Å². The van der Waals surface area contributed by atoms with Gasteiger partial charge in [-0.2, -0.15) is 0 Å². The minimum atomic E-state index is 0.000243. The van der Waals surface area contributed by atoms with Gasteiger partial charge in [0, 0.05) is 18.9 Å². The average Bonchev–Trinajstić information content (AvgIpc) is 2.19. The molecule has 0 aromatic carbocycles. The first-order valence-corrected chi connectivity index (χ1v) is 5.86. The number of hydrogen-bond acceptors (Lipinski definition) is 3. The number of rotatable bonds is 4. The van der Waals surface area contributed by atoms with E-state index in [1.807, 2.05) is 13.8 Å². The summed E-state index contributed by atoms with van der Waals surface area (Å²) in [6.45, 7) is 7.71. The van der Waals surface area contributed by atoms with Gasteiger partial charge < -0.3 is 0 Å². The van der Waals surface area contributed by atoms with Crippen molar-refractivity contribution in [1.82, 2.24) is 9.55 Å². The molecule has 0 aliphatic rings. The maximum absolute atomic E-state index is 11.6. The molecule has 0 aliphatic heterocycles. The van der Waals surface area contributed by atoms with Gasteiger partial charge in [0.05, 0.1) is 5.69 Å². The Labute approximate surface area is 94.2 Å². The van der Waals surface area contributed by atoms with Crippen LogP contribution in [0.3, 0.4) is 0 Å². The van der Waals surface area contributed by atoms with Gasteiger partial charge in [-0.15, -0.1) is 6.58 Å². The summed E-state index contributed by atoms with van der Waals surface area (Å²) in [6.07, 6.45) is 1.80. The van der Waals surface area contributed by atoms with Gasteiger partial charge in [-0.1, -0.05) is 31.7 Å². The van der Waals surface area contributed by atoms with Crippen molar-refractivity contribution in [2.24, 2.45) is 7.05 Å². The minimum Gasteiger partial charge on any atom is -0.291 e. The van der Waals surface area contributed by atoms with Crippen LogP contribution in [0.1, 0.15) is 25.5 Å². The minimum absolute atomic E-state index is 0.000243. The van der Waals surface area contributed by atoms with Gasteiger partial charge >= 0.3 is 0 Å². The van der Waals surface area contributed by atoms with Crippen LogP contribution in [-0.4, -0.2) is 15.3 Å². The van der Waals surface area contributed by atoms with Crippen LogP contribution in [0, 0.1) is 0 Å². The van der Waals surface area contributed by atoms with E-state index < -0.39 is 0 Å². The lowest BCUT2D eigenvalue weighted by atomic mass is 10.1. The molecule has 0 amide bonds. The molecule has 0 bridgehead atoms. The van der Waals surface area contributed by atoms with Crippen LogP contribution in [0.5, 0.6) is 0 Å². The Morgan fingerprint density at radius 2 is 2.33 bits per heavy atom. The molecule has 1 heterocycles. The molecular formula is C11H16N2OS. The highest BCUT2D eigenvalue weighted by molar-refractivity contribution is 7.99. The lowest BCUT2D eigenvalue weighted by Crippen LogP contribution is -2.20. The Morgan fingerprint density at radius 3 is 2.87 bits per heavy atom.